The molecule has 0 saturated carbocycles. The van der Waals surface area contributed by atoms with Gasteiger partial charge in [0, 0.05) is 10.9 Å². The van der Waals surface area contributed by atoms with Crippen LogP contribution in [0, 0.1) is 0 Å². The SMILES string of the molecule is [2H]c1nc(-c2cc(C(C)(C)C)c3ccccc3c2)c2cc3ccccc3c(C(F)(F)F)c2n1. The Labute approximate surface area is 185 Å². The van der Waals surface area contributed by atoms with E-state index in [1.807, 2.05) is 36.4 Å². The third kappa shape index (κ3) is 3.29. The third-order valence-corrected chi connectivity index (χ3v) is 5.83. The second-order valence-corrected chi connectivity index (χ2v) is 9.03. The summed E-state index contributed by atoms with van der Waals surface area (Å²) in [5.41, 5.74) is 0.781. The van der Waals surface area contributed by atoms with Crippen LogP contribution >= 0.6 is 0 Å². The summed E-state index contributed by atoms with van der Waals surface area (Å²) in [6, 6.07) is 19.9. The molecule has 0 atom stereocenters. The molecule has 0 aliphatic rings. The van der Waals surface area contributed by atoms with Crippen molar-refractivity contribution in [3.05, 3.63) is 84.2 Å². The number of hydrogen-bond donors (Lipinski definition) is 0. The van der Waals surface area contributed by atoms with Crippen LogP contribution in [0.5, 0.6) is 0 Å². The molecular formula is C27H21F3N2. The molecule has 0 spiro atoms. The summed E-state index contributed by atoms with van der Waals surface area (Å²) in [7, 11) is 0. The molecule has 2 nitrogen and oxygen atoms in total. The van der Waals surface area contributed by atoms with E-state index in [1.165, 1.54) is 6.07 Å². The number of rotatable bonds is 1. The van der Waals surface area contributed by atoms with Crippen LogP contribution in [0.4, 0.5) is 13.2 Å². The van der Waals surface area contributed by atoms with Crippen molar-refractivity contribution in [3.63, 3.8) is 0 Å². The molecule has 5 aromatic rings. The van der Waals surface area contributed by atoms with E-state index in [-0.39, 0.29) is 21.7 Å². The Morgan fingerprint density at radius 3 is 2.03 bits per heavy atom. The smallest absolute Gasteiger partial charge is 0.236 e. The highest BCUT2D eigenvalue weighted by Crippen LogP contribution is 2.42. The first kappa shape index (κ1) is 19.2. The summed E-state index contributed by atoms with van der Waals surface area (Å²) in [5, 5.41) is 2.86. The number of hydrogen-bond acceptors (Lipinski definition) is 2. The molecule has 32 heavy (non-hydrogen) atoms. The molecule has 4 aromatic carbocycles. The number of nitrogens with zero attached hydrogens (tertiary/aromatic N) is 2. The quantitative estimate of drug-likeness (QED) is 0.252. The molecule has 5 rings (SSSR count). The van der Waals surface area contributed by atoms with E-state index < -0.39 is 18.0 Å². The molecule has 5 heteroatoms. The van der Waals surface area contributed by atoms with Crippen molar-refractivity contribution in [1.29, 1.82) is 0 Å². The van der Waals surface area contributed by atoms with Gasteiger partial charge in [0.15, 0.2) is 0 Å². The minimum Gasteiger partial charge on any atom is -0.236 e. The second-order valence-electron chi connectivity index (χ2n) is 9.03. The zero-order valence-electron chi connectivity index (χ0n) is 18.9. The third-order valence-electron chi connectivity index (χ3n) is 5.83. The van der Waals surface area contributed by atoms with Gasteiger partial charge in [-0.2, -0.15) is 13.2 Å². The normalized spacial score (nSPS) is 13.1. The van der Waals surface area contributed by atoms with E-state index >= 15 is 0 Å². The first-order valence-corrected chi connectivity index (χ1v) is 10.3. The lowest BCUT2D eigenvalue weighted by atomic mass is 9.82. The summed E-state index contributed by atoms with van der Waals surface area (Å²) in [5.74, 6) is 0. The Hall–Kier alpha value is -3.47. The van der Waals surface area contributed by atoms with Gasteiger partial charge in [-0.15, -0.1) is 0 Å². The molecule has 0 saturated heterocycles. The fourth-order valence-corrected chi connectivity index (χ4v) is 4.39. The van der Waals surface area contributed by atoms with E-state index in [0.717, 1.165) is 16.3 Å². The predicted octanol–water partition coefficient (Wildman–Crippen LogP) is 7.92. The van der Waals surface area contributed by atoms with Crippen LogP contribution in [0.25, 0.3) is 43.7 Å². The van der Waals surface area contributed by atoms with Crippen molar-refractivity contribution >= 4 is 32.4 Å². The highest BCUT2D eigenvalue weighted by molar-refractivity contribution is 6.06. The van der Waals surface area contributed by atoms with Gasteiger partial charge in [0.1, 0.15) is 7.67 Å². The first-order valence-electron chi connectivity index (χ1n) is 10.8. The summed E-state index contributed by atoms with van der Waals surface area (Å²) in [6.45, 7) is 6.30. The minimum absolute atomic E-state index is 0.0652. The van der Waals surface area contributed by atoms with E-state index in [2.05, 4.69) is 30.7 Å². The minimum atomic E-state index is -4.63. The number of halogens is 3. The van der Waals surface area contributed by atoms with Gasteiger partial charge in [-0.05, 0) is 50.7 Å². The number of aromatic nitrogens is 2. The molecule has 0 aliphatic heterocycles. The molecule has 160 valence electrons. The van der Waals surface area contributed by atoms with Gasteiger partial charge >= 0.3 is 6.18 Å². The number of fused-ring (bicyclic) bond motifs is 3. The van der Waals surface area contributed by atoms with Crippen LogP contribution in [-0.4, -0.2) is 9.97 Å². The summed E-state index contributed by atoms with van der Waals surface area (Å²) >= 11 is 0. The zero-order chi connectivity index (χ0) is 23.5. The van der Waals surface area contributed by atoms with Crippen LogP contribution < -0.4 is 0 Å². The van der Waals surface area contributed by atoms with Gasteiger partial charge in [-0.1, -0.05) is 69.3 Å². The highest BCUT2D eigenvalue weighted by atomic mass is 19.4. The fourth-order valence-electron chi connectivity index (χ4n) is 4.39. The van der Waals surface area contributed by atoms with Crippen molar-refractivity contribution in [2.24, 2.45) is 0 Å². The van der Waals surface area contributed by atoms with Crippen LogP contribution in [0.1, 0.15) is 33.3 Å². The van der Waals surface area contributed by atoms with E-state index in [1.54, 1.807) is 24.3 Å². The summed E-state index contributed by atoms with van der Waals surface area (Å²) in [4.78, 5) is 8.27. The molecule has 0 fully saturated rings. The van der Waals surface area contributed by atoms with Crippen LogP contribution in [0.15, 0.2) is 73.0 Å². The Morgan fingerprint density at radius 1 is 0.750 bits per heavy atom. The largest absolute Gasteiger partial charge is 0.419 e. The summed E-state index contributed by atoms with van der Waals surface area (Å²) < 4.78 is 50.8. The molecule has 0 aliphatic carbocycles. The first-order chi connectivity index (χ1) is 15.5. The van der Waals surface area contributed by atoms with E-state index in [0.29, 0.717) is 16.6 Å². The zero-order valence-corrected chi connectivity index (χ0v) is 17.9. The van der Waals surface area contributed by atoms with Gasteiger partial charge in [-0.3, -0.25) is 0 Å². The maximum atomic E-state index is 14.2. The number of benzene rings is 4. The van der Waals surface area contributed by atoms with Gasteiger partial charge in [0.2, 0.25) is 0 Å². The van der Waals surface area contributed by atoms with Crippen molar-refractivity contribution in [3.8, 4) is 11.3 Å². The monoisotopic (exact) mass is 431 g/mol. The van der Waals surface area contributed by atoms with Crippen molar-refractivity contribution < 1.29 is 14.5 Å². The average Bonchev–Trinajstić information content (AvgIpc) is 2.74. The molecule has 1 aromatic heterocycles. The Morgan fingerprint density at radius 2 is 1.38 bits per heavy atom. The maximum Gasteiger partial charge on any atom is 0.419 e. The van der Waals surface area contributed by atoms with Gasteiger partial charge in [0.05, 0.1) is 16.8 Å². The van der Waals surface area contributed by atoms with Crippen molar-refractivity contribution in [2.45, 2.75) is 32.4 Å². The molecule has 0 amide bonds. The molecule has 0 unspecified atom stereocenters. The van der Waals surface area contributed by atoms with Crippen molar-refractivity contribution in [2.75, 3.05) is 0 Å². The van der Waals surface area contributed by atoms with Gasteiger partial charge < -0.3 is 0 Å². The van der Waals surface area contributed by atoms with Crippen molar-refractivity contribution in [1.82, 2.24) is 9.97 Å². The molecule has 1 heterocycles. The molecule has 0 radical (unpaired) electrons. The maximum absolute atomic E-state index is 14.2. The van der Waals surface area contributed by atoms with E-state index in [4.69, 9.17) is 1.37 Å². The Kier molecular flexibility index (Phi) is 4.22. The van der Waals surface area contributed by atoms with Gasteiger partial charge in [-0.25, -0.2) is 9.97 Å². The van der Waals surface area contributed by atoms with Crippen LogP contribution in [0.2, 0.25) is 0 Å². The Balaban J connectivity index is 1.95. The molecular weight excluding hydrogens is 409 g/mol. The topological polar surface area (TPSA) is 25.8 Å². The van der Waals surface area contributed by atoms with Gasteiger partial charge in [0.25, 0.3) is 0 Å². The number of alkyl halides is 3. The standard InChI is InChI=1S/C27H21F3N2/c1-26(2,3)22-14-18(12-16-8-4-6-10-19(16)22)24-21-13-17-9-5-7-11-20(17)23(27(28,29)30)25(21)32-15-31-24/h4-15H,1-3H3/i15D. The lowest BCUT2D eigenvalue weighted by molar-refractivity contribution is -0.135. The lowest BCUT2D eigenvalue weighted by Crippen LogP contribution is -2.12. The predicted molar refractivity (Wildman–Crippen MR) is 124 cm³/mol. The summed E-state index contributed by atoms with van der Waals surface area (Å²) in [6.07, 6.45) is -5.07. The molecule has 0 N–H and O–H groups in total. The molecule has 0 bridgehead atoms. The van der Waals surface area contributed by atoms with Crippen LogP contribution in [-0.2, 0) is 11.6 Å². The van der Waals surface area contributed by atoms with Crippen LogP contribution in [0.3, 0.4) is 0 Å². The Bertz CT molecular complexity index is 1550. The highest BCUT2D eigenvalue weighted by Gasteiger charge is 2.36. The second kappa shape index (κ2) is 7.02. The lowest BCUT2D eigenvalue weighted by Gasteiger charge is -2.23. The fraction of sp³-hybridized carbons (Fsp3) is 0.185. The van der Waals surface area contributed by atoms with E-state index in [9.17, 15) is 13.2 Å². The average molecular weight is 431 g/mol.